The van der Waals surface area contributed by atoms with Crippen LogP contribution in [0.1, 0.15) is 23.6 Å². The summed E-state index contributed by atoms with van der Waals surface area (Å²) >= 11 is 6.23. The van der Waals surface area contributed by atoms with Gasteiger partial charge in [0, 0.05) is 29.4 Å². The van der Waals surface area contributed by atoms with Gasteiger partial charge in [0.2, 0.25) is 0 Å². The molecule has 2 aliphatic rings. The number of rotatable bonds is 1. The Labute approximate surface area is 129 Å². The largest absolute Gasteiger partial charge is 0.331 e. The van der Waals surface area contributed by atoms with E-state index in [0.29, 0.717) is 0 Å². The van der Waals surface area contributed by atoms with Gasteiger partial charge in [-0.15, -0.1) is 0 Å². The molecule has 0 aromatic heterocycles. The highest BCUT2D eigenvalue weighted by molar-refractivity contribution is 6.30. The quantitative estimate of drug-likeness (QED) is 0.864. The molecule has 1 unspecified atom stereocenters. The van der Waals surface area contributed by atoms with E-state index in [-0.39, 0.29) is 6.04 Å². The molecule has 0 fully saturated rings. The molecule has 4 rings (SSSR count). The summed E-state index contributed by atoms with van der Waals surface area (Å²) in [7, 11) is 0. The molecule has 106 valence electrons. The number of aliphatic imine (C=N–C) groups is 1. The van der Waals surface area contributed by atoms with Gasteiger partial charge in [0.05, 0.1) is 6.04 Å². The van der Waals surface area contributed by atoms with Crippen molar-refractivity contribution in [2.24, 2.45) is 4.99 Å². The van der Waals surface area contributed by atoms with Crippen molar-refractivity contribution >= 4 is 23.2 Å². The zero-order valence-corrected chi connectivity index (χ0v) is 12.3. The van der Waals surface area contributed by atoms with E-state index < -0.39 is 0 Å². The SMILES string of the molecule is Clc1ccc2c(c1)C(c1ccccc1)N1CCCN=C1N2. The first-order chi connectivity index (χ1) is 10.3. The van der Waals surface area contributed by atoms with Gasteiger partial charge in [-0.3, -0.25) is 4.99 Å². The number of benzene rings is 2. The molecule has 1 atom stereocenters. The monoisotopic (exact) mass is 297 g/mol. The maximum Gasteiger partial charge on any atom is 0.199 e. The molecular formula is C17H16ClN3. The van der Waals surface area contributed by atoms with Gasteiger partial charge in [-0.25, -0.2) is 0 Å². The first kappa shape index (κ1) is 12.7. The Hall–Kier alpha value is -2.00. The molecule has 0 spiro atoms. The fourth-order valence-corrected chi connectivity index (χ4v) is 3.32. The van der Waals surface area contributed by atoms with E-state index in [9.17, 15) is 0 Å². The van der Waals surface area contributed by atoms with Gasteiger partial charge in [-0.05, 0) is 30.2 Å². The van der Waals surface area contributed by atoms with Crippen LogP contribution < -0.4 is 5.32 Å². The Kier molecular flexibility index (Phi) is 3.08. The van der Waals surface area contributed by atoms with Crippen molar-refractivity contribution in [2.75, 3.05) is 18.4 Å². The summed E-state index contributed by atoms with van der Waals surface area (Å²) in [5.74, 6) is 0.977. The molecule has 2 aromatic rings. The molecule has 0 aliphatic carbocycles. The first-order valence-electron chi connectivity index (χ1n) is 7.25. The smallest absolute Gasteiger partial charge is 0.199 e. The van der Waals surface area contributed by atoms with E-state index in [2.05, 4.69) is 51.6 Å². The molecule has 2 heterocycles. The number of guanidine groups is 1. The Bertz CT molecular complexity index is 696. The molecule has 0 saturated heterocycles. The summed E-state index contributed by atoms with van der Waals surface area (Å²) in [6.45, 7) is 1.90. The van der Waals surface area contributed by atoms with Crippen LogP contribution in [0.15, 0.2) is 53.5 Å². The van der Waals surface area contributed by atoms with Gasteiger partial charge < -0.3 is 10.2 Å². The third-order valence-electron chi connectivity index (χ3n) is 4.07. The van der Waals surface area contributed by atoms with E-state index in [1.807, 2.05) is 12.1 Å². The second kappa shape index (κ2) is 5.08. The minimum Gasteiger partial charge on any atom is -0.331 e. The molecule has 2 aromatic carbocycles. The highest BCUT2D eigenvalue weighted by atomic mass is 35.5. The molecule has 2 aliphatic heterocycles. The van der Waals surface area contributed by atoms with E-state index in [4.69, 9.17) is 11.6 Å². The number of anilines is 1. The Morgan fingerprint density at radius 3 is 2.86 bits per heavy atom. The standard InChI is InChI=1S/C17H16ClN3/c18-13-7-8-15-14(11-13)16(12-5-2-1-3-6-12)21-10-4-9-19-17(21)20-15/h1-3,5-8,11,16H,4,9-10H2,(H,19,20). The lowest BCUT2D eigenvalue weighted by Gasteiger charge is -2.42. The average Bonchev–Trinajstić information content (AvgIpc) is 2.53. The van der Waals surface area contributed by atoms with Crippen LogP contribution in [0.5, 0.6) is 0 Å². The highest BCUT2D eigenvalue weighted by Crippen LogP contribution is 2.39. The Balaban J connectivity index is 1.90. The molecule has 3 nitrogen and oxygen atoms in total. The van der Waals surface area contributed by atoms with Crippen LogP contribution in [-0.4, -0.2) is 23.9 Å². The fourth-order valence-electron chi connectivity index (χ4n) is 3.14. The molecule has 0 radical (unpaired) electrons. The molecule has 0 saturated carbocycles. The first-order valence-corrected chi connectivity index (χ1v) is 7.63. The lowest BCUT2D eigenvalue weighted by Crippen LogP contribution is -2.46. The summed E-state index contributed by atoms with van der Waals surface area (Å²) in [6, 6.07) is 16.8. The van der Waals surface area contributed by atoms with Crippen molar-refractivity contribution in [3.05, 3.63) is 64.7 Å². The van der Waals surface area contributed by atoms with Crippen molar-refractivity contribution < 1.29 is 0 Å². The van der Waals surface area contributed by atoms with E-state index in [0.717, 1.165) is 36.2 Å². The van der Waals surface area contributed by atoms with Crippen molar-refractivity contribution in [1.82, 2.24) is 4.90 Å². The Morgan fingerprint density at radius 2 is 2.00 bits per heavy atom. The minimum absolute atomic E-state index is 0.181. The minimum atomic E-state index is 0.181. The highest BCUT2D eigenvalue weighted by Gasteiger charge is 2.33. The number of fused-ring (bicyclic) bond motifs is 2. The van der Waals surface area contributed by atoms with Crippen LogP contribution in [0.4, 0.5) is 5.69 Å². The van der Waals surface area contributed by atoms with Crippen LogP contribution in [0.25, 0.3) is 0 Å². The molecule has 0 amide bonds. The molecule has 1 N–H and O–H groups in total. The van der Waals surface area contributed by atoms with Crippen molar-refractivity contribution in [1.29, 1.82) is 0 Å². The van der Waals surface area contributed by atoms with Crippen molar-refractivity contribution in [3.8, 4) is 0 Å². The van der Waals surface area contributed by atoms with Crippen LogP contribution >= 0.6 is 11.6 Å². The normalized spacial score (nSPS) is 20.1. The van der Waals surface area contributed by atoms with Gasteiger partial charge >= 0.3 is 0 Å². The predicted molar refractivity (Wildman–Crippen MR) is 87.0 cm³/mol. The third-order valence-corrected chi connectivity index (χ3v) is 4.31. The lowest BCUT2D eigenvalue weighted by atomic mass is 9.93. The topological polar surface area (TPSA) is 27.6 Å². The predicted octanol–water partition coefficient (Wildman–Crippen LogP) is 3.92. The molecule has 4 heteroatoms. The summed E-state index contributed by atoms with van der Waals surface area (Å²) in [5, 5.41) is 4.22. The maximum atomic E-state index is 6.23. The van der Waals surface area contributed by atoms with Gasteiger partial charge in [-0.2, -0.15) is 0 Å². The summed E-state index contributed by atoms with van der Waals surface area (Å²) in [5.41, 5.74) is 3.59. The second-order valence-corrected chi connectivity index (χ2v) is 5.86. The van der Waals surface area contributed by atoms with Crippen molar-refractivity contribution in [2.45, 2.75) is 12.5 Å². The van der Waals surface area contributed by atoms with Gasteiger partial charge in [0.1, 0.15) is 0 Å². The molecule has 0 bridgehead atoms. The summed E-state index contributed by atoms with van der Waals surface area (Å²) in [4.78, 5) is 6.99. The Morgan fingerprint density at radius 1 is 1.14 bits per heavy atom. The van der Waals surface area contributed by atoms with Gasteiger partial charge in [0.25, 0.3) is 0 Å². The number of nitrogens with zero attached hydrogens (tertiary/aromatic N) is 2. The van der Waals surface area contributed by atoms with Gasteiger partial charge in [0.15, 0.2) is 5.96 Å². The fraction of sp³-hybridized carbons (Fsp3) is 0.235. The third kappa shape index (κ3) is 2.18. The molecule has 21 heavy (non-hydrogen) atoms. The number of hydrogen-bond acceptors (Lipinski definition) is 3. The summed E-state index contributed by atoms with van der Waals surface area (Å²) in [6.07, 6.45) is 1.09. The molecular weight excluding hydrogens is 282 g/mol. The summed E-state index contributed by atoms with van der Waals surface area (Å²) < 4.78 is 0. The van der Waals surface area contributed by atoms with Crippen LogP contribution in [0.2, 0.25) is 5.02 Å². The lowest BCUT2D eigenvalue weighted by molar-refractivity contribution is 0.332. The van der Waals surface area contributed by atoms with E-state index in [1.54, 1.807) is 0 Å². The van der Waals surface area contributed by atoms with E-state index >= 15 is 0 Å². The van der Waals surface area contributed by atoms with Crippen LogP contribution in [0, 0.1) is 0 Å². The number of hydrogen-bond donors (Lipinski definition) is 1. The average molecular weight is 298 g/mol. The zero-order valence-electron chi connectivity index (χ0n) is 11.6. The van der Waals surface area contributed by atoms with Gasteiger partial charge in [-0.1, -0.05) is 41.9 Å². The number of halogens is 1. The van der Waals surface area contributed by atoms with Crippen molar-refractivity contribution in [3.63, 3.8) is 0 Å². The van der Waals surface area contributed by atoms with E-state index in [1.165, 1.54) is 11.1 Å². The maximum absolute atomic E-state index is 6.23. The number of nitrogens with one attached hydrogen (secondary N) is 1. The second-order valence-electron chi connectivity index (χ2n) is 5.42. The van der Waals surface area contributed by atoms with Crippen LogP contribution in [0.3, 0.4) is 0 Å². The zero-order chi connectivity index (χ0) is 14.2. The van der Waals surface area contributed by atoms with Crippen LogP contribution in [-0.2, 0) is 0 Å².